The van der Waals surface area contributed by atoms with Crippen LogP contribution in [0.3, 0.4) is 0 Å². The van der Waals surface area contributed by atoms with E-state index in [1.165, 1.54) is 0 Å². The van der Waals surface area contributed by atoms with Gasteiger partial charge in [-0.15, -0.1) is 0 Å². The number of rotatable bonds is 10. The second-order valence-electron chi connectivity index (χ2n) is 6.13. The van der Waals surface area contributed by atoms with Crippen LogP contribution in [0.5, 0.6) is 5.75 Å². The van der Waals surface area contributed by atoms with Crippen molar-refractivity contribution in [2.24, 2.45) is 0 Å². The van der Waals surface area contributed by atoms with Crippen LogP contribution in [-0.2, 0) is 4.79 Å². The molecule has 0 saturated heterocycles. The van der Waals surface area contributed by atoms with E-state index >= 15 is 0 Å². The van der Waals surface area contributed by atoms with Gasteiger partial charge >= 0.3 is 0 Å². The quantitative estimate of drug-likeness (QED) is 0.637. The van der Waals surface area contributed by atoms with E-state index in [4.69, 9.17) is 4.74 Å². The minimum Gasteiger partial charge on any atom is -0.483 e. The highest BCUT2D eigenvalue weighted by Crippen LogP contribution is 2.28. The van der Waals surface area contributed by atoms with E-state index in [1.807, 2.05) is 48.5 Å². The average molecular weight is 340 g/mol. The number of carbonyl (C=O) groups excluding carboxylic acids is 1. The molecule has 2 aromatic rings. The molecule has 0 aliphatic heterocycles. The Labute approximate surface area is 150 Å². The molecule has 2 N–H and O–H groups in total. The smallest absolute Gasteiger partial charge is 0.257 e. The first-order valence-electron chi connectivity index (χ1n) is 8.98. The third-order valence-electron chi connectivity index (χ3n) is 4.20. The molecule has 134 valence electrons. The maximum absolute atomic E-state index is 11.9. The van der Waals surface area contributed by atoms with E-state index in [0.717, 1.165) is 36.4 Å². The molecule has 1 atom stereocenters. The van der Waals surface area contributed by atoms with E-state index < -0.39 is 0 Å². The van der Waals surface area contributed by atoms with Gasteiger partial charge in [-0.25, -0.2) is 0 Å². The van der Waals surface area contributed by atoms with Crippen LogP contribution in [-0.4, -0.2) is 25.6 Å². The predicted octanol–water partition coefficient (Wildman–Crippen LogP) is 4.20. The fraction of sp³-hybridized carbons (Fsp3) is 0.381. The molecule has 1 amide bonds. The molecule has 25 heavy (non-hydrogen) atoms. The van der Waals surface area contributed by atoms with Crippen LogP contribution in [0.4, 0.5) is 5.69 Å². The number of amides is 1. The molecule has 0 radical (unpaired) electrons. The second-order valence-corrected chi connectivity index (χ2v) is 6.13. The van der Waals surface area contributed by atoms with Crippen molar-refractivity contribution in [3.8, 4) is 5.75 Å². The Morgan fingerprint density at radius 2 is 1.76 bits per heavy atom. The Morgan fingerprint density at radius 3 is 2.52 bits per heavy atom. The normalized spacial score (nSPS) is 11.6. The summed E-state index contributed by atoms with van der Waals surface area (Å²) in [6, 6.07) is 18.0. The highest BCUT2D eigenvalue weighted by molar-refractivity contribution is 5.77. The molecule has 0 aliphatic carbocycles. The van der Waals surface area contributed by atoms with Crippen LogP contribution < -0.4 is 15.4 Å². The molecule has 0 spiro atoms. The van der Waals surface area contributed by atoms with Crippen molar-refractivity contribution in [2.75, 3.05) is 25.0 Å². The number of anilines is 1. The van der Waals surface area contributed by atoms with Gasteiger partial charge in [0.2, 0.25) is 0 Å². The standard InChI is InChI=1S/C21H28N2O2/c1-3-17(2)19-12-7-8-13-20(19)25-16-21(24)23-15-9-14-22-18-10-5-4-6-11-18/h4-8,10-13,17,22H,3,9,14-16H2,1-2H3,(H,23,24). The van der Waals surface area contributed by atoms with Crippen LogP contribution in [0, 0.1) is 0 Å². The Kier molecular flexibility index (Phi) is 7.83. The fourth-order valence-corrected chi connectivity index (χ4v) is 2.54. The lowest BCUT2D eigenvalue weighted by molar-refractivity contribution is -0.123. The van der Waals surface area contributed by atoms with Crippen molar-refractivity contribution in [1.82, 2.24) is 5.32 Å². The molecule has 0 saturated carbocycles. The number of hydrogen-bond acceptors (Lipinski definition) is 3. The van der Waals surface area contributed by atoms with Gasteiger partial charge in [0.25, 0.3) is 5.91 Å². The molecule has 0 aliphatic rings. The van der Waals surface area contributed by atoms with Gasteiger partial charge in [-0.3, -0.25) is 4.79 Å². The highest BCUT2D eigenvalue weighted by atomic mass is 16.5. The Balaban J connectivity index is 1.66. The number of nitrogens with one attached hydrogen (secondary N) is 2. The van der Waals surface area contributed by atoms with E-state index in [1.54, 1.807) is 0 Å². The SMILES string of the molecule is CCC(C)c1ccccc1OCC(=O)NCCCNc1ccccc1. The Hall–Kier alpha value is -2.49. The van der Waals surface area contributed by atoms with Crippen LogP contribution in [0.1, 0.15) is 38.2 Å². The molecular weight excluding hydrogens is 312 g/mol. The Morgan fingerprint density at radius 1 is 1.04 bits per heavy atom. The molecule has 4 heteroatoms. The van der Waals surface area contributed by atoms with Crippen molar-refractivity contribution in [2.45, 2.75) is 32.6 Å². The van der Waals surface area contributed by atoms with Gasteiger partial charge in [-0.2, -0.15) is 0 Å². The van der Waals surface area contributed by atoms with Crippen LogP contribution in [0.2, 0.25) is 0 Å². The summed E-state index contributed by atoms with van der Waals surface area (Å²) in [6.07, 6.45) is 1.91. The lowest BCUT2D eigenvalue weighted by atomic mass is 9.98. The maximum atomic E-state index is 11.9. The summed E-state index contributed by atoms with van der Waals surface area (Å²) in [6.45, 7) is 5.83. The fourth-order valence-electron chi connectivity index (χ4n) is 2.54. The third kappa shape index (κ3) is 6.49. The first-order chi connectivity index (χ1) is 12.2. The van der Waals surface area contributed by atoms with E-state index in [2.05, 4.69) is 30.5 Å². The molecule has 2 rings (SSSR count). The van der Waals surface area contributed by atoms with Crippen LogP contribution >= 0.6 is 0 Å². The van der Waals surface area contributed by atoms with Gasteiger partial charge in [0.15, 0.2) is 6.61 Å². The lowest BCUT2D eigenvalue weighted by Crippen LogP contribution is -2.30. The number of hydrogen-bond donors (Lipinski definition) is 2. The molecule has 0 fully saturated rings. The van der Waals surface area contributed by atoms with Crippen molar-refractivity contribution in [3.63, 3.8) is 0 Å². The zero-order valence-electron chi connectivity index (χ0n) is 15.1. The molecular formula is C21H28N2O2. The maximum Gasteiger partial charge on any atom is 0.257 e. The predicted molar refractivity (Wildman–Crippen MR) is 103 cm³/mol. The van der Waals surface area contributed by atoms with Gasteiger partial charge < -0.3 is 15.4 Å². The second kappa shape index (κ2) is 10.4. The molecule has 0 bridgehead atoms. The van der Waals surface area contributed by atoms with E-state index in [-0.39, 0.29) is 12.5 Å². The van der Waals surface area contributed by atoms with E-state index in [0.29, 0.717) is 12.5 Å². The minimum absolute atomic E-state index is 0.0551. The molecule has 0 aromatic heterocycles. The summed E-state index contributed by atoms with van der Waals surface area (Å²) in [7, 11) is 0. The highest BCUT2D eigenvalue weighted by Gasteiger charge is 2.10. The summed E-state index contributed by atoms with van der Waals surface area (Å²) >= 11 is 0. The van der Waals surface area contributed by atoms with Crippen molar-refractivity contribution < 1.29 is 9.53 Å². The first-order valence-corrected chi connectivity index (χ1v) is 8.98. The van der Waals surface area contributed by atoms with Crippen molar-refractivity contribution in [3.05, 3.63) is 60.2 Å². The Bertz CT molecular complexity index is 643. The summed E-state index contributed by atoms with van der Waals surface area (Å²) in [5.74, 6) is 1.14. The topological polar surface area (TPSA) is 50.4 Å². The third-order valence-corrected chi connectivity index (χ3v) is 4.20. The number of carbonyl (C=O) groups is 1. The van der Waals surface area contributed by atoms with Gasteiger partial charge in [0, 0.05) is 18.8 Å². The van der Waals surface area contributed by atoms with Crippen LogP contribution in [0.25, 0.3) is 0 Å². The van der Waals surface area contributed by atoms with Crippen LogP contribution in [0.15, 0.2) is 54.6 Å². The summed E-state index contributed by atoms with van der Waals surface area (Å²) in [5.41, 5.74) is 2.25. The van der Waals surface area contributed by atoms with Gasteiger partial charge in [0.05, 0.1) is 0 Å². The average Bonchev–Trinajstić information content (AvgIpc) is 2.66. The first kappa shape index (κ1) is 18.8. The monoisotopic (exact) mass is 340 g/mol. The van der Waals surface area contributed by atoms with E-state index in [9.17, 15) is 4.79 Å². The van der Waals surface area contributed by atoms with Gasteiger partial charge in [-0.05, 0) is 42.5 Å². The number of benzene rings is 2. The van der Waals surface area contributed by atoms with Gasteiger partial charge in [-0.1, -0.05) is 50.2 Å². The summed E-state index contributed by atoms with van der Waals surface area (Å²) in [5, 5.41) is 6.22. The van der Waals surface area contributed by atoms with Crippen molar-refractivity contribution in [1.29, 1.82) is 0 Å². The molecule has 0 heterocycles. The summed E-state index contributed by atoms with van der Waals surface area (Å²) < 4.78 is 5.72. The van der Waals surface area contributed by atoms with Crippen molar-refractivity contribution >= 4 is 11.6 Å². The molecule has 1 unspecified atom stereocenters. The summed E-state index contributed by atoms with van der Waals surface area (Å²) in [4.78, 5) is 11.9. The minimum atomic E-state index is -0.0846. The zero-order chi connectivity index (χ0) is 17.9. The largest absolute Gasteiger partial charge is 0.483 e. The lowest BCUT2D eigenvalue weighted by Gasteiger charge is -2.15. The molecule has 4 nitrogen and oxygen atoms in total. The number of ether oxygens (including phenoxy) is 1. The van der Waals surface area contributed by atoms with Gasteiger partial charge in [0.1, 0.15) is 5.75 Å². The number of para-hydroxylation sites is 2. The molecule has 2 aromatic carbocycles. The zero-order valence-corrected chi connectivity index (χ0v) is 15.1.